The second kappa shape index (κ2) is 4.84. The van der Waals surface area contributed by atoms with E-state index < -0.39 is 0 Å². The molecular weight excluding hydrogens is 246 g/mol. The SMILES string of the molecule is CCOC1CC(N)C1Nc1nccc2sccc12. The highest BCUT2D eigenvalue weighted by atomic mass is 32.1. The van der Waals surface area contributed by atoms with Crippen LogP contribution in [0, 0.1) is 0 Å². The lowest BCUT2D eigenvalue weighted by Gasteiger charge is -2.42. The number of fused-ring (bicyclic) bond motifs is 1. The van der Waals surface area contributed by atoms with Crippen LogP contribution >= 0.6 is 11.3 Å². The summed E-state index contributed by atoms with van der Waals surface area (Å²) in [6.45, 7) is 2.74. The smallest absolute Gasteiger partial charge is 0.135 e. The summed E-state index contributed by atoms with van der Waals surface area (Å²) in [5.41, 5.74) is 6.04. The third kappa shape index (κ3) is 1.98. The zero-order valence-corrected chi connectivity index (χ0v) is 11.1. The van der Waals surface area contributed by atoms with E-state index in [-0.39, 0.29) is 18.2 Å². The highest BCUT2D eigenvalue weighted by Crippen LogP contribution is 2.30. The van der Waals surface area contributed by atoms with Gasteiger partial charge in [0.15, 0.2) is 0 Å². The number of aromatic nitrogens is 1. The summed E-state index contributed by atoms with van der Waals surface area (Å²) in [7, 11) is 0. The minimum absolute atomic E-state index is 0.150. The summed E-state index contributed by atoms with van der Waals surface area (Å²) in [6, 6.07) is 4.45. The summed E-state index contributed by atoms with van der Waals surface area (Å²) >= 11 is 1.72. The molecule has 0 spiro atoms. The molecule has 18 heavy (non-hydrogen) atoms. The fourth-order valence-corrected chi connectivity index (χ4v) is 3.18. The number of pyridine rings is 1. The van der Waals surface area contributed by atoms with E-state index in [1.54, 1.807) is 11.3 Å². The molecule has 0 bridgehead atoms. The first kappa shape index (κ1) is 11.9. The van der Waals surface area contributed by atoms with Gasteiger partial charge in [-0.1, -0.05) is 0 Å². The highest BCUT2D eigenvalue weighted by Gasteiger charge is 2.39. The van der Waals surface area contributed by atoms with E-state index in [9.17, 15) is 0 Å². The molecule has 0 saturated heterocycles. The van der Waals surface area contributed by atoms with Gasteiger partial charge in [-0.15, -0.1) is 11.3 Å². The first-order valence-corrected chi connectivity index (χ1v) is 7.13. The van der Waals surface area contributed by atoms with Crippen molar-refractivity contribution in [2.75, 3.05) is 11.9 Å². The fourth-order valence-electron chi connectivity index (χ4n) is 2.39. The van der Waals surface area contributed by atoms with E-state index in [0.29, 0.717) is 0 Å². The molecule has 1 fully saturated rings. The molecular formula is C13H17N3OS. The Balaban J connectivity index is 1.81. The second-order valence-corrected chi connectivity index (χ2v) is 5.50. The Bertz CT molecular complexity index is 540. The third-order valence-electron chi connectivity index (χ3n) is 3.43. The van der Waals surface area contributed by atoms with Crippen LogP contribution in [-0.4, -0.2) is 29.8 Å². The molecule has 3 unspecified atom stereocenters. The van der Waals surface area contributed by atoms with Gasteiger partial charge in [0, 0.05) is 28.9 Å². The van der Waals surface area contributed by atoms with Gasteiger partial charge in [-0.25, -0.2) is 4.98 Å². The molecule has 2 heterocycles. The van der Waals surface area contributed by atoms with Crippen molar-refractivity contribution in [2.45, 2.75) is 31.5 Å². The minimum atomic E-state index is 0.150. The number of thiophene rings is 1. The summed E-state index contributed by atoms with van der Waals surface area (Å²) < 4.78 is 6.90. The van der Waals surface area contributed by atoms with Crippen LogP contribution in [0.15, 0.2) is 23.7 Å². The van der Waals surface area contributed by atoms with Crippen LogP contribution in [0.2, 0.25) is 0 Å². The van der Waals surface area contributed by atoms with Crippen LogP contribution in [0.3, 0.4) is 0 Å². The molecule has 0 amide bonds. The zero-order valence-electron chi connectivity index (χ0n) is 10.3. The molecule has 2 aromatic rings. The largest absolute Gasteiger partial charge is 0.376 e. The first-order chi connectivity index (χ1) is 8.79. The molecule has 2 aromatic heterocycles. The van der Waals surface area contributed by atoms with Crippen LogP contribution in [0.5, 0.6) is 0 Å². The molecule has 0 radical (unpaired) electrons. The van der Waals surface area contributed by atoms with Crippen molar-refractivity contribution in [3.05, 3.63) is 23.7 Å². The highest BCUT2D eigenvalue weighted by molar-refractivity contribution is 7.17. The lowest BCUT2D eigenvalue weighted by atomic mass is 9.83. The van der Waals surface area contributed by atoms with Crippen LogP contribution < -0.4 is 11.1 Å². The first-order valence-electron chi connectivity index (χ1n) is 6.25. The number of rotatable bonds is 4. The second-order valence-electron chi connectivity index (χ2n) is 4.56. The van der Waals surface area contributed by atoms with Crippen LogP contribution in [0.4, 0.5) is 5.82 Å². The normalized spacial score (nSPS) is 27.1. The monoisotopic (exact) mass is 263 g/mol. The van der Waals surface area contributed by atoms with Gasteiger partial charge in [-0.3, -0.25) is 0 Å². The lowest BCUT2D eigenvalue weighted by Crippen LogP contribution is -2.60. The van der Waals surface area contributed by atoms with Gasteiger partial charge in [-0.05, 0) is 30.9 Å². The van der Waals surface area contributed by atoms with Crippen LogP contribution in [0.25, 0.3) is 10.1 Å². The molecule has 1 aliphatic carbocycles. The Kier molecular flexibility index (Phi) is 3.20. The summed E-state index contributed by atoms with van der Waals surface area (Å²) in [5.74, 6) is 0.915. The van der Waals surface area contributed by atoms with Crippen molar-refractivity contribution in [3.63, 3.8) is 0 Å². The van der Waals surface area contributed by atoms with Crippen molar-refractivity contribution in [1.82, 2.24) is 4.98 Å². The lowest BCUT2D eigenvalue weighted by molar-refractivity contribution is -0.0126. The topological polar surface area (TPSA) is 60.2 Å². The Morgan fingerprint density at radius 2 is 2.44 bits per heavy atom. The van der Waals surface area contributed by atoms with E-state index in [1.165, 1.54) is 4.70 Å². The van der Waals surface area contributed by atoms with Crippen LogP contribution in [0.1, 0.15) is 13.3 Å². The number of nitrogens with two attached hydrogens (primary N) is 1. The molecule has 3 N–H and O–H groups in total. The fraction of sp³-hybridized carbons (Fsp3) is 0.462. The van der Waals surface area contributed by atoms with E-state index in [2.05, 4.69) is 21.7 Å². The van der Waals surface area contributed by atoms with Crippen molar-refractivity contribution < 1.29 is 4.74 Å². The molecule has 4 nitrogen and oxygen atoms in total. The number of hydrogen-bond acceptors (Lipinski definition) is 5. The summed E-state index contributed by atoms with van der Waals surface area (Å²) in [5, 5.41) is 6.68. The van der Waals surface area contributed by atoms with Crippen molar-refractivity contribution >= 4 is 27.2 Å². The number of anilines is 1. The van der Waals surface area contributed by atoms with E-state index in [0.717, 1.165) is 24.2 Å². The maximum atomic E-state index is 6.04. The molecule has 1 saturated carbocycles. The molecule has 0 aromatic carbocycles. The molecule has 1 aliphatic rings. The number of nitrogens with zero attached hydrogens (tertiary/aromatic N) is 1. The summed E-state index contributed by atoms with van der Waals surface area (Å²) in [6.07, 6.45) is 2.97. The zero-order chi connectivity index (χ0) is 12.5. The Labute approximate surface area is 110 Å². The molecule has 96 valence electrons. The van der Waals surface area contributed by atoms with E-state index in [1.807, 2.05) is 19.2 Å². The number of hydrogen-bond donors (Lipinski definition) is 2. The van der Waals surface area contributed by atoms with Crippen molar-refractivity contribution in [1.29, 1.82) is 0 Å². The molecule has 3 atom stereocenters. The van der Waals surface area contributed by atoms with Gasteiger partial charge < -0.3 is 15.8 Å². The van der Waals surface area contributed by atoms with Crippen molar-refractivity contribution in [2.24, 2.45) is 5.73 Å². The van der Waals surface area contributed by atoms with Crippen molar-refractivity contribution in [3.8, 4) is 0 Å². The predicted octanol–water partition coefficient (Wildman–Crippen LogP) is 2.21. The molecule has 5 heteroatoms. The van der Waals surface area contributed by atoms with E-state index in [4.69, 9.17) is 10.5 Å². The van der Waals surface area contributed by atoms with Gasteiger partial charge in [-0.2, -0.15) is 0 Å². The molecule has 0 aliphatic heterocycles. The third-order valence-corrected chi connectivity index (χ3v) is 4.31. The average Bonchev–Trinajstić information content (AvgIpc) is 2.84. The number of ether oxygens (including phenoxy) is 1. The van der Waals surface area contributed by atoms with Gasteiger partial charge >= 0.3 is 0 Å². The van der Waals surface area contributed by atoms with Gasteiger partial charge in [0.1, 0.15) is 5.82 Å². The average molecular weight is 263 g/mol. The standard InChI is InChI=1S/C13H17N3OS/c1-2-17-10-7-9(14)12(10)16-13-8-4-6-18-11(8)3-5-15-13/h3-6,9-10,12H,2,7,14H2,1H3,(H,15,16). The Morgan fingerprint density at radius 1 is 1.56 bits per heavy atom. The van der Waals surface area contributed by atoms with Gasteiger partial charge in [0.2, 0.25) is 0 Å². The van der Waals surface area contributed by atoms with E-state index >= 15 is 0 Å². The minimum Gasteiger partial charge on any atom is -0.376 e. The summed E-state index contributed by atoms with van der Waals surface area (Å²) in [4.78, 5) is 4.41. The maximum absolute atomic E-state index is 6.04. The van der Waals surface area contributed by atoms with Crippen LogP contribution in [-0.2, 0) is 4.74 Å². The molecule has 3 rings (SSSR count). The van der Waals surface area contributed by atoms with Gasteiger partial charge in [0.25, 0.3) is 0 Å². The Morgan fingerprint density at radius 3 is 3.22 bits per heavy atom. The predicted molar refractivity (Wildman–Crippen MR) is 75.0 cm³/mol. The Hall–Kier alpha value is -1.17. The quantitative estimate of drug-likeness (QED) is 0.888. The van der Waals surface area contributed by atoms with Gasteiger partial charge in [0.05, 0.1) is 12.1 Å². The number of nitrogens with one attached hydrogen (secondary N) is 1. The maximum Gasteiger partial charge on any atom is 0.135 e.